The summed E-state index contributed by atoms with van der Waals surface area (Å²) in [6, 6.07) is 3.77. The van der Waals surface area contributed by atoms with E-state index in [1.165, 1.54) is 0 Å². The van der Waals surface area contributed by atoms with E-state index < -0.39 is 5.97 Å². The second-order valence-corrected chi connectivity index (χ2v) is 4.11. The van der Waals surface area contributed by atoms with Crippen LogP contribution in [0.25, 0.3) is 0 Å². The second kappa shape index (κ2) is 6.68. The summed E-state index contributed by atoms with van der Waals surface area (Å²) in [4.78, 5) is 12.3. The molecule has 5 nitrogen and oxygen atoms in total. The molecule has 0 atom stereocenters. The molecule has 0 aromatic heterocycles. The molecular formula is C14H19NO4. The molecule has 0 saturated heterocycles. The molecule has 0 fully saturated rings. The average molecular weight is 265 g/mol. The molecule has 5 heteroatoms. The van der Waals surface area contributed by atoms with Crippen molar-refractivity contribution >= 4 is 11.7 Å². The minimum Gasteiger partial charge on any atom is -0.496 e. The lowest BCUT2D eigenvalue weighted by Crippen LogP contribution is -2.18. The summed E-state index contributed by atoms with van der Waals surface area (Å²) >= 11 is 0. The highest BCUT2D eigenvalue weighted by atomic mass is 16.5. The van der Waals surface area contributed by atoms with Crippen molar-refractivity contribution in [3.63, 3.8) is 0 Å². The Morgan fingerprint density at radius 1 is 1.32 bits per heavy atom. The van der Waals surface area contributed by atoms with E-state index >= 15 is 0 Å². The Kier molecular flexibility index (Phi) is 5.23. The predicted molar refractivity (Wildman–Crippen MR) is 74.3 cm³/mol. The number of benzene rings is 1. The molecule has 1 aromatic carbocycles. The predicted octanol–water partition coefficient (Wildman–Crippen LogP) is 2.09. The van der Waals surface area contributed by atoms with Crippen molar-refractivity contribution in [1.29, 1.82) is 0 Å². The molecule has 104 valence electrons. The van der Waals surface area contributed by atoms with Crippen LogP contribution in [0.1, 0.15) is 5.56 Å². The van der Waals surface area contributed by atoms with E-state index in [1.807, 2.05) is 31.0 Å². The van der Waals surface area contributed by atoms with Gasteiger partial charge in [0.25, 0.3) is 0 Å². The lowest BCUT2D eigenvalue weighted by Gasteiger charge is -2.21. The number of likely N-dealkylation sites (N-methyl/N-ethyl adjacent to an activating group) is 1. The fraction of sp³-hybridized carbons (Fsp3) is 0.357. The lowest BCUT2D eigenvalue weighted by molar-refractivity contribution is -0.131. The van der Waals surface area contributed by atoms with Gasteiger partial charge in [0.1, 0.15) is 11.5 Å². The molecule has 0 bridgehead atoms. The zero-order valence-electron chi connectivity index (χ0n) is 11.6. The number of hydrogen-bond acceptors (Lipinski definition) is 4. The van der Waals surface area contributed by atoms with Gasteiger partial charge in [-0.05, 0) is 18.6 Å². The molecule has 0 spiro atoms. The highest BCUT2D eigenvalue weighted by molar-refractivity contribution is 5.79. The first-order chi connectivity index (χ1) is 8.99. The average Bonchev–Trinajstić information content (AvgIpc) is 2.37. The maximum atomic E-state index is 10.4. The van der Waals surface area contributed by atoms with Crippen LogP contribution in [-0.4, -0.2) is 38.9 Å². The smallest absolute Gasteiger partial charge is 0.328 e. The molecule has 0 aliphatic carbocycles. The molecule has 1 aromatic rings. The van der Waals surface area contributed by atoms with Crippen molar-refractivity contribution in [3.8, 4) is 11.5 Å². The number of carbonyl (C=O) groups is 1. The van der Waals surface area contributed by atoms with Gasteiger partial charge in [0, 0.05) is 25.7 Å². The first-order valence-electron chi connectivity index (χ1n) is 5.82. The molecule has 0 radical (unpaired) electrons. The normalized spacial score (nSPS) is 10.5. The largest absolute Gasteiger partial charge is 0.496 e. The Balaban J connectivity index is 3.00. The first-order valence-corrected chi connectivity index (χ1v) is 5.82. The Morgan fingerprint density at radius 3 is 2.47 bits per heavy atom. The number of aliphatic carboxylic acids is 1. The van der Waals surface area contributed by atoms with Crippen molar-refractivity contribution in [2.24, 2.45) is 0 Å². The summed E-state index contributed by atoms with van der Waals surface area (Å²) in [6.45, 7) is 2.41. The van der Waals surface area contributed by atoms with Crippen LogP contribution in [0, 0.1) is 6.92 Å². The monoisotopic (exact) mass is 265 g/mol. The Bertz CT molecular complexity index is 483. The quantitative estimate of drug-likeness (QED) is 0.798. The van der Waals surface area contributed by atoms with E-state index in [9.17, 15) is 4.79 Å². The summed E-state index contributed by atoms with van der Waals surface area (Å²) < 4.78 is 10.6. The van der Waals surface area contributed by atoms with Gasteiger partial charge < -0.3 is 19.5 Å². The lowest BCUT2D eigenvalue weighted by atomic mass is 10.1. The summed E-state index contributed by atoms with van der Waals surface area (Å²) in [6.07, 6.45) is 2.70. The molecule has 19 heavy (non-hydrogen) atoms. The number of carboxylic acid groups (broad SMARTS) is 1. The van der Waals surface area contributed by atoms with E-state index in [2.05, 4.69) is 0 Å². The third-order valence-electron chi connectivity index (χ3n) is 2.75. The van der Waals surface area contributed by atoms with Gasteiger partial charge in [-0.25, -0.2) is 4.79 Å². The van der Waals surface area contributed by atoms with E-state index in [1.54, 1.807) is 20.3 Å². The molecular weight excluding hydrogens is 246 g/mol. The maximum Gasteiger partial charge on any atom is 0.328 e. The maximum absolute atomic E-state index is 10.4. The van der Waals surface area contributed by atoms with E-state index in [0.29, 0.717) is 6.54 Å². The highest BCUT2D eigenvalue weighted by Gasteiger charge is 2.11. The number of hydrogen-bond donors (Lipinski definition) is 1. The molecule has 0 aliphatic heterocycles. The van der Waals surface area contributed by atoms with Crippen LogP contribution in [0.2, 0.25) is 0 Å². The van der Waals surface area contributed by atoms with Crippen LogP contribution in [0.4, 0.5) is 5.69 Å². The standard InChI is InChI=1S/C14H19NO4/c1-10-8-13(19-4)11(9-12(10)18-3)15(2)7-5-6-14(16)17/h5-6,8-9H,7H2,1-4H3,(H,16,17)/b6-5+. The van der Waals surface area contributed by atoms with Crippen LogP contribution in [-0.2, 0) is 4.79 Å². The molecule has 0 heterocycles. The van der Waals surface area contributed by atoms with Crippen LogP contribution < -0.4 is 14.4 Å². The van der Waals surface area contributed by atoms with Gasteiger partial charge in [0.05, 0.1) is 19.9 Å². The van der Waals surface area contributed by atoms with Crippen molar-refractivity contribution in [2.45, 2.75) is 6.92 Å². The zero-order chi connectivity index (χ0) is 14.4. The molecule has 0 saturated carbocycles. The van der Waals surface area contributed by atoms with Gasteiger partial charge in [-0.3, -0.25) is 0 Å². The number of aryl methyl sites for hydroxylation is 1. The van der Waals surface area contributed by atoms with Crippen molar-refractivity contribution < 1.29 is 19.4 Å². The molecule has 1 rings (SSSR count). The van der Waals surface area contributed by atoms with Crippen LogP contribution in [0.15, 0.2) is 24.3 Å². The summed E-state index contributed by atoms with van der Waals surface area (Å²) in [5, 5.41) is 8.57. The molecule has 1 N–H and O–H groups in total. The molecule has 0 aliphatic rings. The van der Waals surface area contributed by atoms with Crippen LogP contribution >= 0.6 is 0 Å². The second-order valence-electron chi connectivity index (χ2n) is 4.11. The number of anilines is 1. The van der Waals surface area contributed by atoms with Crippen molar-refractivity contribution in [1.82, 2.24) is 0 Å². The number of methoxy groups -OCH3 is 2. The SMILES string of the molecule is COc1cc(N(C)C/C=C/C(=O)O)c(OC)cc1C. The zero-order valence-corrected chi connectivity index (χ0v) is 11.6. The molecule has 0 unspecified atom stereocenters. The summed E-state index contributed by atoms with van der Waals surface area (Å²) in [5.74, 6) is 0.538. The van der Waals surface area contributed by atoms with E-state index in [0.717, 1.165) is 28.8 Å². The van der Waals surface area contributed by atoms with E-state index in [4.69, 9.17) is 14.6 Å². The highest BCUT2D eigenvalue weighted by Crippen LogP contribution is 2.34. The van der Waals surface area contributed by atoms with Gasteiger partial charge in [-0.1, -0.05) is 6.08 Å². The first kappa shape index (κ1) is 14.9. The topological polar surface area (TPSA) is 59.0 Å². The van der Waals surface area contributed by atoms with Crippen LogP contribution in [0.5, 0.6) is 11.5 Å². The number of ether oxygens (including phenoxy) is 2. The third-order valence-corrected chi connectivity index (χ3v) is 2.75. The van der Waals surface area contributed by atoms with Gasteiger partial charge in [-0.15, -0.1) is 0 Å². The summed E-state index contributed by atoms with van der Waals surface area (Å²) in [7, 11) is 5.08. The summed E-state index contributed by atoms with van der Waals surface area (Å²) in [5.41, 5.74) is 1.83. The fourth-order valence-electron chi connectivity index (χ4n) is 1.74. The van der Waals surface area contributed by atoms with E-state index in [-0.39, 0.29) is 0 Å². The Hall–Kier alpha value is -2.17. The molecule has 0 amide bonds. The van der Waals surface area contributed by atoms with Gasteiger partial charge >= 0.3 is 5.97 Å². The van der Waals surface area contributed by atoms with Gasteiger partial charge in [-0.2, -0.15) is 0 Å². The number of carboxylic acids is 1. The van der Waals surface area contributed by atoms with Crippen molar-refractivity contribution in [2.75, 3.05) is 32.7 Å². The third kappa shape index (κ3) is 3.91. The van der Waals surface area contributed by atoms with Gasteiger partial charge in [0.15, 0.2) is 0 Å². The minimum absolute atomic E-state index is 0.467. The minimum atomic E-state index is -0.957. The Morgan fingerprint density at radius 2 is 1.95 bits per heavy atom. The number of nitrogens with zero attached hydrogens (tertiary/aromatic N) is 1. The Labute approximate surface area is 113 Å². The fourth-order valence-corrected chi connectivity index (χ4v) is 1.74. The van der Waals surface area contributed by atoms with Crippen LogP contribution in [0.3, 0.4) is 0 Å². The van der Waals surface area contributed by atoms with Gasteiger partial charge in [0.2, 0.25) is 0 Å². The number of rotatable bonds is 6. The van der Waals surface area contributed by atoms with Crippen molar-refractivity contribution in [3.05, 3.63) is 29.8 Å².